The molecule has 0 saturated carbocycles. The van der Waals surface area contributed by atoms with E-state index in [2.05, 4.69) is 15.9 Å². The standard InChI is InChI=1S/C13H16BrFOS/c14-13-9(4-3-5-10(13)15)8-11(16)12-6-1-2-7-17-12/h3-5,11-12,16H,1-2,6-8H2. The quantitative estimate of drug-likeness (QED) is 0.915. The Kier molecular flexibility index (Phi) is 4.88. The lowest BCUT2D eigenvalue weighted by Crippen LogP contribution is -2.28. The minimum atomic E-state index is -0.376. The van der Waals surface area contributed by atoms with Crippen LogP contribution >= 0.6 is 27.7 Å². The van der Waals surface area contributed by atoms with Crippen LogP contribution in [0, 0.1) is 5.82 Å². The molecule has 0 aliphatic carbocycles. The summed E-state index contributed by atoms with van der Waals surface area (Å²) in [6.45, 7) is 0. The Bertz CT molecular complexity index is 380. The lowest BCUT2D eigenvalue weighted by atomic mass is 10.0. The van der Waals surface area contributed by atoms with E-state index >= 15 is 0 Å². The highest BCUT2D eigenvalue weighted by molar-refractivity contribution is 9.10. The summed E-state index contributed by atoms with van der Waals surface area (Å²) >= 11 is 5.08. The van der Waals surface area contributed by atoms with Crippen LogP contribution < -0.4 is 0 Å². The molecule has 1 aliphatic rings. The number of benzene rings is 1. The van der Waals surface area contributed by atoms with Crippen molar-refractivity contribution in [2.45, 2.75) is 37.0 Å². The zero-order valence-electron chi connectivity index (χ0n) is 9.53. The molecule has 94 valence electrons. The number of thioether (sulfide) groups is 1. The fraction of sp³-hybridized carbons (Fsp3) is 0.538. The van der Waals surface area contributed by atoms with Gasteiger partial charge in [0.15, 0.2) is 0 Å². The van der Waals surface area contributed by atoms with Crippen LogP contribution in [0.2, 0.25) is 0 Å². The van der Waals surface area contributed by atoms with E-state index in [4.69, 9.17) is 0 Å². The maximum absolute atomic E-state index is 13.3. The Morgan fingerprint density at radius 2 is 2.29 bits per heavy atom. The van der Waals surface area contributed by atoms with Crippen LogP contribution in [-0.2, 0) is 6.42 Å². The van der Waals surface area contributed by atoms with Crippen LogP contribution in [0.5, 0.6) is 0 Å². The van der Waals surface area contributed by atoms with Crippen molar-refractivity contribution in [2.24, 2.45) is 0 Å². The highest BCUT2D eigenvalue weighted by atomic mass is 79.9. The van der Waals surface area contributed by atoms with Gasteiger partial charge in [-0.25, -0.2) is 4.39 Å². The molecular formula is C13H16BrFOS. The molecule has 0 bridgehead atoms. The second kappa shape index (κ2) is 6.21. The van der Waals surface area contributed by atoms with Crippen molar-refractivity contribution in [2.75, 3.05) is 5.75 Å². The number of aliphatic hydroxyl groups excluding tert-OH is 1. The second-order valence-electron chi connectivity index (χ2n) is 4.39. The van der Waals surface area contributed by atoms with Gasteiger partial charge >= 0.3 is 0 Å². The van der Waals surface area contributed by atoms with E-state index < -0.39 is 0 Å². The normalized spacial score (nSPS) is 22.4. The molecule has 0 aromatic heterocycles. The average Bonchev–Trinajstić information content (AvgIpc) is 2.36. The topological polar surface area (TPSA) is 20.2 Å². The molecule has 1 saturated heterocycles. The highest BCUT2D eigenvalue weighted by Gasteiger charge is 2.23. The molecule has 1 aromatic carbocycles. The van der Waals surface area contributed by atoms with Crippen molar-refractivity contribution < 1.29 is 9.50 Å². The van der Waals surface area contributed by atoms with Crippen LogP contribution in [0.15, 0.2) is 22.7 Å². The first-order valence-corrected chi connectivity index (χ1v) is 7.75. The second-order valence-corrected chi connectivity index (χ2v) is 6.53. The average molecular weight is 319 g/mol. The lowest BCUT2D eigenvalue weighted by Gasteiger charge is -2.26. The Labute approximate surface area is 114 Å². The first-order valence-electron chi connectivity index (χ1n) is 5.91. The molecule has 1 aliphatic heterocycles. The van der Waals surface area contributed by atoms with Crippen LogP contribution in [0.25, 0.3) is 0 Å². The molecule has 0 spiro atoms. The first kappa shape index (κ1) is 13.4. The Balaban J connectivity index is 2.01. The van der Waals surface area contributed by atoms with Crippen molar-refractivity contribution in [3.63, 3.8) is 0 Å². The van der Waals surface area contributed by atoms with Gasteiger partial charge in [-0.15, -0.1) is 0 Å². The van der Waals surface area contributed by atoms with Gasteiger partial charge in [0.2, 0.25) is 0 Å². The minimum Gasteiger partial charge on any atom is -0.392 e. The minimum absolute atomic E-state index is 0.258. The molecule has 1 N–H and O–H groups in total. The van der Waals surface area contributed by atoms with E-state index in [-0.39, 0.29) is 11.9 Å². The van der Waals surface area contributed by atoms with Gasteiger partial charge in [0.05, 0.1) is 10.6 Å². The predicted octanol–water partition coefficient (Wildman–Crippen LogP) is 3.78. The predicted molar refractivity (Wildman–Crippen MR) is 73.9 cm³/mol. The van der Waals surface area contributed by atoms with Crippen molar-refractivity contribution in [1.82, 2.24) is 0 Å². The molecule has 2 rings (SSSR count). The fourth-order valence-corrected chi connectivity index (χ4v) is 3.88. The van der Waals surface area contributed by atoms with E-state index in [0.717, 1.165) is 17.7 Å². The van der Waals surface area contributed by atoms with Crippen LogP contribution in [0.4, 0.5) is 4.39 Å². The van der Waals surface area contributed by atoms with Crippen molar-refractivity contribution in [1.29, 1.82) is 0 Å². The molecule has 1 fully saturated rings. The smallest absolute Gasteiger partial charge is 0.137 e. The van der Waals surface area contributed by atoms with Crippen LogP contribution in [0.1, 0.15) is 24.8 Å². The van der Waals surface area contributed by atoms with Gasteiger partial charge in [0.25, 0.3) is 0 Å². The van der Waals surface area contributed by atoms with Crippen LogP contribution in [0.3, 0.4) is 0 Å². The summed E-state index contributed by atoms with van der Waals surface area (Å²) in [6.07, 6.45) is 3.66. The third-order valence-electron chi connectivity index (χ3n) is 3.10. The monoisotopic (exact) mass is 318 g/mol. The molecule has 1 nitrogen and oxygen atoms in total. The van der Waals surface area contributed by atoms with Gasteiger partial charge < -0.3 is 5.11 Å². The number of hydrogen-bond donors (Lipinski definition) is 1. The highest BCUT2D eigenvalue weighted by Crippen LogP contribution is 2.30. The number of rotatable bonds is 3. The van der Waals surface area contributed by atoms with Gasteiger partial charge in [-0.3, -0.25) is 0 Å². The summed E-state index contributed by atoms with van der Waals surface area (Å²) in [6, 6.07) is 4.98. The summed E-state index contributed by atoms with van der Waals surface area (Å²) in [7, 11) is 0. The van der Waals surface area contributed by atoms with Gasteiger partial charge in [0, 0.05) is 11.7 Å². The molecule has 1 heterocycles. The molecule has 2 unspecified atom stereocenters. The summed E-state index contributed by atoms with van der Waals surface area (Å²) < 4.78 is 13.8. The maximum Gasteiger partial charge on any atom is 0.137 e. The van der Waals surface area contributed by atoms with Gasteiger partial charge in [-0.1, -0.05) is 18.6 Å². The third kappa shape index (κ3) is 3.46. The number of aliphatic hydroxyl groups is 1. The number of hydrogen-bond acceptors (Lipinski definition) is 2. The van der Waals surface area contributed by atoms with Gasteiger partial charge in [-0.2, -0.15) is 11.8 Å². The molecule has 4 heteroatoms. The maximum atomic E-state index is 13.3. The summed E-state index contributed by atoms with van der Waals surface area (Å²) in [5.41, 5.74) is 0.851. The van der Waals surface area contributed by atoms with Gasteiger partial charge in [0.1, 0.15) is 5.82 Å². The fourth-order valence-electron chi connectivity index (χ4n) is 2.13. The number of halogens is 2. The molecule has 0 amide bonds. The zero-order valence-corrected chi connectivity index (χ0v) is 11.9. The van der Waals surface area contributed by atoms with E-state index in [1.807, 2.05) is 17.8 Å². The lowest BCUT2D eigenvalue weighted by molar-refractivity contribution is 0.166. The Hall–Kier alpha value is -0.0600. The first-order chi connectivity index (χ1) is 8.18. The zero-order chi connectivity index (χ0) is 12.3. The Morgan fingerprint density at radius 3 is 3.00 bits per heavy atom. The Morgan fingerprint density at radius 1 is 1.47 bits per heavy atom. The summed E-state index contributed by atoms with van der Waals surface area (Å²) in [5.74, 6) is 0.873. The molecule has 2 atom stereocenters. The van der Waals surface area contributed by atoms with Crippen molar-refractivity contribution in [3.8, 4) is 0 Å². The SMILES string of the molecule is OC(Cc1cccc(F)c1Br)C1CCCCS1. The van der Waals surface area contributed by atoms with E-state index in [1.165, 1.54) is 18.9 Å². The summed E-state index contributed by atoms with van der Waals surface area (Å²) in [4.78, 5) is 0. The largest absolute Gasteiger partial charge is 0.392 e. The van der Waals surface area contributed by atoms with E-state index in [1.54, 1.807) is 6.07 Å². The van der Waals surface area contributed by atoms with Gasteiger partial charge in [-0.05, 0) is 46.2 Å². The van der Waals surface area contributed by atoms with Crippen LogP contribution in [-0.4, -0.2) is 22.2 Å². The molecular weight excluding hydrogens is 303 g/mol. The molecule has 17 heavy (non-hydrogen) atoms. The van der Waals surface area contributed by atoms with Crippen molar-refractivity contribution in [3.05, 3.63) is 34.1 Å². The van der Waals surface area contributed by atoms with Crippen molar-refractivity contribution >= 4 is 27.7 Å². The molecule has 1 aromatic rings. The van der Waals surface area contributed by atoms with E-state index in [9.17, 15) is 9.50 Å². The molecule has 0 radical (unpaired) electrons. The summed E-state index contributed by atoms with van der Waals surface area (Å²) in [5, 5.41) is 10.5. The third-order valence-corrected chi connectivity index (χ3v) is 5.50. The van der Waals surface area contributed by atoms with E-state index in [0.29, 0.717) is 16.1 Å².